The lowest BCUT2D eigenvalue weighted by atomic mass is 10.1. The van der Waals surface area contributed by atoms with E-state index in [1.165, 1.54) is 0 Å². The molecule has 0 radical (unpaired) electrons. The Balaban J connectivity index is 1.69. The summed E-state index contributed by atoms with van der Waals surface area (Å²) >= 11 is 0. The minimum absolute atomic E-state index is 0.213. The van der Waals surface area contributed by atoms with Gasteiger partial charge in [-0.05, 0) is 18.9 Å². The maximum atomic E-state index is 13.7. The van der Waals surface area contributed by atoms with Crippen molar-refractivity contribution < 1.29 is 8.78 Å². The van der Waals surface area contributed by atoms with Crippen molar-refractivity contribution in [1.82, 2.24) is 14.8 Å². The number of piperidine rings is 1. The number of nitrogens with two attached hydrogens (primary N) is 1. The maximum absolute atomic E-state index is 13.7. The highest BCUT2D eigenvalue weighted by molar-refractivity contribution is 5.40. The molecule has 0 aliphatic carbocycles. The van der Waals surface area contributed by atoms with Crippen LogP contribution in [0.4, 0.5) is 20.4 Å². The fourth-order valence-electron chi connectivity index (χ4n) is 2.54. The zero-order valence-electron chi connectivity index (χ0n) is 10.8. The molecule has 1 fully saturated rings. The van der Waals surface area contributed by atoms with Crippen LogP contribution in [0.5, 0.6) is 0 Å². The lowest BCUT2D eigenvalue weighted by Gasteiger charge is -2.32. The Morgan fingerprint density at radius 2 is 2.00 bits per heavy atom. The van der Waals surface area contributed by atoms with Crippen molar-refractivity contribution in [2.75, 3.05) is 23.7 Å². The van der Waals surface area contributed by atoms with Crippen molar-refractivity contribution in [2.24, 2.45) is 0 Å². The van der Waals surface area contributed by atoms with Crippen molar-refractivity contribution in [3.05, 3.63) is 36.2 Å². The van der Waals surface area contributed by atoms with Crippen LogP contribution in [0.1, 0.15) is 18.9 Å². The highest BCUT2D eigenvalue weighted by Gasteiger charge is 2.23. The predicted molar refractivity (Wildman–Crippen MR) is 71.3 cm³/mol. The molecule has 0 aromatic carbocycles. The fourth-order valence-corrected chi connectivity index (χ4v) is 2.54. The molecular formula is C13H15F2N5. The topological polar surface area (TPSA) is 60.0 Å². The molecule has 20 heavy (non-hydrogen) atoms. The minimum Gasteiger partial charge on any atom is -0.382 e. The molecule has 0 atom stereocenters. The number of aromatic nitrogens is 3. The van der Waals surface area contributed by atoms with Gasteiger partial charge < -0.3 is 10.6 Å². The summed E-state index contributed by atoms with van der Waals surface area (Å²) in [5.41, 5.74) is 5.60. The number of pyridine rings is 1. The first kappa shape index (κ1) is 12.8. The van der Waals surface area contributed by atoms with E-state index >= 15 is 0 Å². The van der Waals surface area contributed by atoms with Crippen LogP contribution in [-0.2, 0) is 0 Å². The second-order valence-corrected chi connectivity index (χ2v) is 4.90. The van der Waals surface area contributed by atoms with E-state index in [0.29, 0.717) is 18.9 Å². The third-order valence-electron chi connectivity index (χ3n) is 3.56. The Morgan fingerprint density at radius 1 is 1.25 bits per heavy atom. The summed E-state index contributed by atoms with van der Waals surface area (Å²) in [6, 6.07) is 2.88. The summed E-state index contributed by atoms with van der Waals surface area (Å²) in [5.74, 6) is -0.566. The Kier molecular flexibility index (Phi) is 3.25. The van der Waals surface area contributed by atoms with Gasteiger partial charge in [-0.3, -0.25) is 4.68 Å². The van der Waals surface area contributed by atoms with E-state index in [4.69, 9.17) is 5.73 Å². The van der Waals surface area contributed by atoms with Crippen LogP contribution in [0.2, 0.25) is 0 Å². The van der Waals surface area contributed by atoms with Crippen molar-refractivity contribution in [3.8, 4) is 0 Å². The van der Waals surface area contributed by atoms with Gasteiger partial charge >= 0.3 is 0 Å². The Bertz CT molecular complexity index is 605. The van der Waals surface area contributed by atoms with Gasteiger partial charge in [0.1, 0.15) is 11.6 Å². The zero-order valence-corrected chi connectivity index (χ0v) is 10.8. The Hall–Kier alpha value is -2.18. The van der Waals surface area contributed by atoms with Crippen LogP contribution in [0.3, 0.4) is 0 Å². The predicted octanol–water partition coefficient (Wildman–Crippen LogP) is 1.98. The summed E-state index contributed by atoms with van der Waals surface area (Å²) < 4.78 is 28.4. The molecule has 3 rings (SSSR count). The summed E-state index contributed by atoms with van der Waals surface area (Å²) in [4.78, 5) is 5.67. The molecule has 0 amide bonds. The summed E-state index contributed by atoms with van der Waals surface area (Å²) in [6.45, 7) is 1.31. The molecule has 2 aromatic heterocycles. The summed E-state index contributed by atoms with van der Waals surface area (Å²) in [7, 11) is 0. The summed E-state index contributed by atoms with van der Waals surface area (Å²) in [5, 5.41) is 4.20. The standard InChI is InChI=1S/C13H15F2N5/c14-9-7-11(15)13(17-8-9)19-4-1-10(2-5-19)20-6-3-12(16)18-20/h3,6-8,10H,1-2,4-5H2,(H2,16,18). The van der Waals surface area contributed by atoms with E-state index < -0.39 is 11.6 Å². The number of nitrogens with zero attached hydrogens (tertiary/aromatic N) is 4. The third kappa shape index (κ3) is 2.43. The second kappa shape index (κ2) is 5.07. The third-order valence-corrected chi connectivity index (χ3v) is 3.56. The Morgan fingerprint density at radius 3 is 2.60 bits per heavy atom. The first-order chi connectivity index (χ1) is 9.63. The van der Waals surface area contributed by atoms with Crippen LogP contribution in [-0.4, -0.2) is 27.9 Å². The zero-order chi connectivity index (χ0) is 14.1. The van der Waals surface area contributed by atoms with Crippen molar-refractivity contribution >= 4 is 11.6 Å². The van der Waals surface area contributed by atoms with Gasteiger partial charge in [-0.2, -0.15) is 5.10 Å². The number of anilines is 2. The molecule has 0 unspecified atom stereocenters. The van der Waals surface area contributed by atoms with E-state index in [1.807, 2.05) is 15.8 Å². The van der Waals surface area contributed by atoms with E-state index in [2.05, 4.69) is 10.1 Å². The average molecular weight is 279 g/mol. The quantitative estimate of drug-likeness (QED) is 0.913. The van der Waals surface area contributed by atoms with Crippen LogP contribution in [0.15, 0.2) is 24.5 Å². The van der Waals surface area contributed by atoms with Gasteiger partial charge in [-0.25, -0.2) is 13.8 Å². The van der Waals surface area contributed by atoms with Crippen LogP contribution >= 0.6 is 0 Å². The molecule has 2 aromatic rings. The molecular weight excluding hydrogens is 264 g/mol. The van der Waals surface area contributed by atoms with Crippen LogP contribution in [0, 0.1) is 11.6 Å². The minimum atomic E-state index is -0.659. The van der Waals surface area contributed by atoms with E-state index in [1.54, 1.807) is 6.07 Å². The summed E-state index contributed by atoms with van der Waals surface area (Å²) in [6.07, 6.45) is 4.53. The van der Waals surface area contributed by atoms with E-state index in [0.717, 1.165) is 25.1 Å². The molecule has 7 heteroatoms. The van der Waals surface area contributed by atoms with Gasteiger partial charge in [0.05, 0.1) is 12.2 Å². The average Bonchev–Trinajstić information content (AvgIpc) is 2.86. The van der Waals surface area contributed by atoms with Gasteiger partial charge in [0, 0.05) is 25.4 Å². The fraction of sp³-hybridized carbons (Fsp3) is 0.385. The molecule has 5 nitrogen and oxygen atoms in total. The number of hydrogen-bond donors (Lipinski definition) is 1. The van der Waals surface area contributed by atoms with Crippen molar-refractivity contribution in [3.63, 3.8) is 0 Å². The SMILES string of the molecule is Nc1ccn(C2CCN(c3ncc(F)cc3F)CC2)n1. The number of nitrogen functional groups attached to an aromatic ring is 1. The second-order valence-electron chi connectivity index (χ2n) is 4.90. The van der Waals surface area contributed by atoms with E-state index in [9.17, 15) is 8.78 Å². The molecule has 1 saturated heterocycles. The van der Waals surface area contributed by atoms with Gasteiger partial charge in [0.25, 0.3) is 0 Å². The first-order valence-corrected chi connectivity index (χ1v) is 6.50. The monoisotopic (exact) mass is 279 g/mol. The molecule has 106 valence electrons. The normalized spacial score (nSPS) is 16.6. The van der Waals surface area contributed by atoms with Gasteiger partial charge in [-0.1, -0.05) is 0 Å². The molecule has 1 aliphatic heterocycles. The van der Waals surface area contributed by atoms with Crippen molar-refractivity contribution in [1.29, 1.82) is 0 Å². The van der Waals surface area contributed by atoms with Crippen LogP contribution < -0.4 is 10.6 Å². The van der Waals surface area contributed by atoms with Gasteiger partial charge in [0.2, 0.25) is 0 Å². The lowest BCUT2D eigenvalue weighted by molar-refractivity contribution is 0.364. The van der Waals surface area contributed by atoms with Crippen molar-refractivity contribution in [2.45, 2.75) is 18.9 Å². The number of hydrogen-bond acceptors (Lipinski definition) is 4. The smallest absolute Gasteiger partial charge is 0.168 e. The molecule has 1 aliphatic rings. The van der Waals surface area contributed by atoms with E-state index in [-0.39, 0.29) is 11.9 Å². The molecule has 0 spiro atoms. The molecule has 0 saturated carbocycles. The number of halogens is 2. The lowest BCUT2D eigenvalue weighted by Crippen LogP contribution is -2.36. The number of rotatable bonds is 2. The highest BCUT2D eigenvalue weighted by atomic mass is 19.1. The van der Waals surface area contributed by atoms with Gasteiger partial charge in [0.15, 0.2) is 11.6 Å². The van der Waals surface area contributed by atoms with Gasteiger partial charge in [-0.15, -0.1) is 0 Å². The largest absolute Gasteiger partial charge is 0.382 e. The maximum Gasteiger partial charge on any atom is 0.168 e. The molecule has 0 bridgehead atoms. The Labute approximate surface area is 115 Å². The molecule has 2 N–H and O–H groups in total. The molecule has 3 heterocycles. The first-order valence-electron chi connectivity index (χ1n) is 6.50. The highest BCUT2D eigenvalue weighted by Crippen LogP contribution is 2.26. The van der Waals surface area contributed by atoms with Crippen LogP contribution in [0.25, 0.3) is 0 Å².